The molecule has 0 spiro atoms. The maximum Gasteiger partial charge on any atom is 0.262 e. The normalized spacial score (nSPS) is 11.4. The zero-order valence-electron chi connectivity index (χ0n) is 11.6. The van der Waals surface area contributed by atoms with Crippen LogP contribution in [0, 0.1) is 20.8 Å². The van der Waals surface area contributed by atoms with Gasteiger partial charge in [0.05, 0.1) is 10.6 Å². The predicted molar refractivity (Wildman–Crippen MR) is 82.9 cm³/mol. The highest BCUT2D eigenvalue weighted by molar-refractivity contribution is 7.92. The van der Waals surface area contributed by atoms with Crippen LogP contribution in [0.5, 0.6) is 0 Å². The van der Waals surface area contributed by atoms with Crippen molar-refractivity contribution in [3.63, 3.8) is 0 Å². The number of hydrogen-bond donors (Lipinski definition) is 1. The Bertz CT molecular complexity index is 754. The highest BCUT2D eigenvalue weighted by Gasteiger charge is 2.19. The number of nitrogens with one attached hydrogen (secondary N) is 1. The highest BCUT2D eigenvalue weighted by Crippen LogP contribution is 2.26. The van der Waals surface area contributed by atoms with E-state index in [1.165, 1.54) is 0 Å². The van der Waals surface area contributed by atoms with E-state index in [2.05, 4.69) is 4.72 Å². The standard InChI is InChI=1S/C15H16ClNO2S/c1-10-6-4-8-14(11(10)2)17-20(18,19)15-9-5-7-13(16)12(15)3/h4-9,17H,1-3H3. The number of hydrogen-bond acceptors (Lipinski definition) is 2. The van der Waals surface area contributed by atoms with Gasteiger partial charge in [0.2, 0.25) is 0 Å². The Labute approximate surface area is 124 Å². The second-order valence-corrected chi connectivity index (χ2v) is 6.77. The summed E-state index contributed by atoms with van der Waals surface area (Å²) in [6, 6.07) is 10.4. The van der Waals surface area contributed by atoms with Crippen molar-refractivity contribution in [3.8, 4) is 0 Å². The molecule has 0 aliphatic rings. The van der Waals surface area contributed by atoms with E-state index in [-0.39, 0.29) is 4.90 Å². The lowest BCUT2D eigenvalue weighted by Crippen LogP contribution is -2.15. The lowest BCUT2D eigenvalue weighted by Gasteiger charge is -2.14. The van der Waals surface area contributed by atoms with Gasteiger partial charge in [-0.25, -0.2) is 8.42 Å². The fourth-order valence-electron chi connectivity index (χ4n) is 1.94. The predicted octanol–water partition coefficient (Wildman–Crippen LogP) is 4.07. The molecule has 0 aromatic heterocycles. The highest BCUT2D eigenvalue weighted by atomic mass is 35.5. The smallest absolute Gasteiger partial charge is 0.262 e. The van der Waals surface area contributed by atoms with Crippen LogP contribution in [0.2, 0.25) is 5.02 Å². The largest absolute Gasteiger partial charge is 0.279 e. The van der Waals surface area contributed by atoms with Gasteiger partial charge < -0.3 is 0 Å². The topological polar surface area (TPSA) is 46.2 Å². The molecule has 20 heavy (non-hydrogen) atoms. The second-order valence-electron chi connectivity index (χ2n) is 4.72. The van der Waals surface area contributed by atoms with Crippen LogP contribution in [0.4, 0.5) is 5.69 Å². The Morgan fingerprint density at radius 3 is 2.30 bits per heavy atom. The third-order valence-electron chi connectivity index (χ3n) is 3.36. The Kier molecular flexibility index (Phi) is 4.06. The fourth-order valence-corrected chi connectivity index (χ4v) is 3.56. The summed E-state index contributed by atoms with van der Waals surface area (Å²) in [6.07, 6.45) is 0. The third kappa shape index (κ3) is 2.81. The molecule has 0 unspecified atom stereocenters. The van der Waals surface area contributed by atoms with E-state index < -0.39 is 10.0 Å². The van der Waals surface area contributed by atoms with Crippen LogP contribution < -0.4 is 4.72 Å². The van der Waals surface area contributed by atoms with Gasteiger partial charge in [-0.15, -0.1) is 0 Å². The van der Waals surface area contributed by atoms with E-state index in [1.54, 1.807) is 31.2 Å². The van der Waals surface area contributed by atoms with Gasteiger partial charge >= 0.3 is 0 Å². The minimum absolute atomic E-state index is 0.200. The van der Waals surface area contributed by atoms with Crippen LogP contribution in [0.25, 0.3) is 0 Å². The summed E-state index contributed by atoms with van der Waals surface area (Å²) in [7, 11) is -3.64. The molecule has 5 heteroatoms. The molecular formula is C15H16ClNO2S. The zero-order chi connectivity index (χ0) is 14.9. The molecule has 0 heterocycles. The summed E-state index contributed by atoms with van der Waals surface area (Å²) >= 11 is 5.99. The summed E-state index contributed by atoms with van der Waals surface area (Å²) in [6.45, 7) is 5.52. The summed E-state index contributed by atoms with van der Waals surface area (Å²) in [5.74, 6) is 0. The monoisotopic (exact) mass is 309 g/mol. The first-order chi connectivity index (χ1) is 9.33. The Hall–Kier alpha value is -1.52. The van der Waals surface area contributed by atoms with Gasteiger partial charge in [0.15, 0.2) is 0 Å². The first-order valence-electron chi connectivity index (χ1n) is 6.17. The zero-order valence-corrected chi connectivity index (χ0v) is 13.1. The van der Waals surface area contributed by atoms with Crippen molar-refractivity contribution >= 4 is 27.3 Å². The van der Waals surface area contributed by atoms with E-state index in [0.717, 1.165) is 11.1 Å². The van der Waals surface area contributed by atoms with Gasteiger partial charge in [-0.05, 0) is 55.7 Å². The molecular weight excluding hydrogens is 294 g/mol. The summed E-state index contributed by atoms with van der Waals surface area (Å²) in [4.78, 5) is 0.200. The van der Waals surface area contributed by atoms with Crippen LogP contribution in [-0.2, 0) is 10.0 Å². The van der Waals surface area contributed by atoms with Crippen molar-refractivity contribution < 1.29 is 8.42 Å². The minimum Gasteiger partial charge on any atom is -0.279 e. The van der Waals surface area contributed by atoms with Crippen molar-refractivity contribution in [3.05, 3.63) is 58.1 Å². The Morgan fingerprint density at radius 1 is 0.950 bits per heavy atom. The van der Waals surface area contributed by atoms with Gasteiger partial charge in [0.25, 0.3) is 10.0 Å². The fraction of sp³-hybridized carbons (Fsp3) is 0.200. The number of rotatable bonds is 3. The first-order valence-corrected chi connectivity index (χ1v) is 8.03. The van der Waals surface area contributed by atoms with Crippen LogP contribution in [0.3, 0.4) is 0 Å². The van der Waals surface area contributed by atoms with Gasteiger partial charge in [-0.3, -0.25) is 4.72 Å². The molecule has 0 amide bonds. The van der Waals surface area contributed by atoms with Crippen molar-refractivity contribution in [2.75, 3.05) is 4.72 Å². The van der Waals surface area contributed by atoms with Crippen LogP contribution >= 0.6 is 11.6 Å². The average Bonchev–Trinajstić information content (AvgIpc) is 2.38. The molecule has 2 aromatic carbocycles. The van der Waals surface area contributed by atoms with E-state index in [0.29, 0.717) is 16.3 Å². The molecule has 0 saturated heterocycles. The SMILES string of the molecule is Cc1cccc(NS(=O)(=O)c2cccc(Cl)c2C)c1C. The summed E-state index contributed by atoms with van der Waals surface area (Å²) in [5, 5.41) is 0.439. The molecule has 106 valence electrons. The lowest BCUT2D eigenvalue weighted by molar-refractivity contribution is 0.600. The van der Waals surface area contributed by atoms with Crippen LogP contribution in [-0.4, -0.2) is 8.42 Å². The summed E-state index contributed by atoms with van der Waals surface area (Å²) < 4.78 is 27.6. The second kappa shape index (κ2) is 5.46. The molecule has 0 saturated carbocycles. The number of anilines is 1. The Balaban J connectivity index is 2.47. The van der Waals surface area contributed by atoms with Crippen LogP contribution in [0.15, 0.2) is 41.3 Å². The Morgan fingerprint density at radius 2 is 1.60 bits per heavy atom. The molecule has 0 radical (unpaired) electrons. The molecule has 0 bridgehead atoms. The first kappa shape index (κ1) is 14.9. The molecule has 0 aliphatic heterocycles. The van der Waals surface area contributed by atoms with Crippen molar-refractivity contribution in [2.24, 2.45) is 0 Å². The van der Waals surface area contributed by atoms with E-state index in [4.69, 9.17) is 11.6 Å². The molecule has 2 rings (SSSR count). The molecule has 1 N–H and O–H groups in total. The quantitative estimate of drug-likeness (QED) is 0.929. The lowest BCUT2D eigenvalue weighted by atomic mass is 10.1. The number of sulfonamides is 1. The third-order valence-corrected chi connectivity index (χ3v) is 5.28. The van der Waals surface area contributed by atoms with Crippen molar-refractivity contribution in [1.82, 2.24) is 0 Å². The molecule has 0 atom stereocenters. The van der Waals surface area contributed by atoms with Crippen molar-refractivity contribution in [2.45, 2.75) is 25.7 Å². The van der Waals surface area contributed by atoms with Gasteiger partial charge in [0.1, 0.15) is 0 Å². The number of aryl methyl sites for hydroxylation is 1. The van der Waals surface area contributed by atoms with E-state index in [1.807, 2.05) is 26.0 Å². The van der Waals surface area contributed by atoms with Gasteiger partial charge in [0, 0.05) is 5.02 Å². The number of benzene rings is 2. The molecule has 0 aliphatic carbocycles. The number of halogens is 1. The minimum atomic E-state index is -3.64. The summed E-state index contributed by atoms with van der Waals surface area (Å²) in [5.41, 5.74) is 3.08. The maximum absolute atomic E-state index is 12.5. The average molecular weight is 310 g/mol. The molecule has 3 nitrogen and oxygen atoms in total. The van der Waals surface area contributed by atoms with Crippen molar-refractivity contribution in [1.29, 1.82) is 0 Å². The van der Waals surface area contributed by atoms with Gasteiger partial charge in [-0.1, -0.05) is 29.8 Å². The van der Waals surface area contributed by atoms with E-state index in [9.17, 15) is 8.42 Å². The van der Waals surface area contributed by atoms with Crippen LogP contribution in [0.1, 0.15) is 16.7 Å². The molecule has 2 aromatic rings. The van der Waals surface area contributed by atoms with Gasteiger partial charge in [-0.2, -0.15) is 0 Å². The van der Waals surface area contributed by atoms with E-state index >= 15 is 0 Å². The molecule has 0 fully saturated rings. The maximum atomic E-state index is 12.5.